The number of hydrogen-bond acceptors (Lipinski definition) is 5. The van der Waals surface area contributed by atoms with Crippen LogP contribution >= 0.6 is 0 Å². The van der Waals surface area contributed by atoms with E-state index in [1.54, 1.807) is 26.1 Å². The Morgan fingerprint density at radius 3 is 2.45 bits per heavy atom. The third kappa shape index (κ3) is 5.31. The first-order chi connectivity index (χ1) is 14.9. The maximum atomic E-state index is 12.7. The average Bonchev–Trinajstić information content (AvgIpc) is 3.06. The molecule has 2 aromatic heterocycles. The van der Waals surface area contributed by atoms with Gasteiger partial charge in [-0.05, 0) is 63.1 Å². The molecule has 2 heterocycles. The molecule has 0 aliphatic rings. The van der Waals surface area contributed by atoms with Crippen molar-refractivity contribution in [1.82, 2.24) is 15.3 Å². The zero-order valence-corrected chi connectivity index (χ0v) is 18.2. The quantitative estimate of drug-likeness (QED) is 0.487. The summed E-state index contributed by atoms with van der Waals surface area (Å²) >= 11 is 0. The third-order valence-electron chi connectivity index (χ3n) is 4.82. The second kappa shape index (κ2) is 9.93. The number of benzene rings is 1. The second-order valence-electron chi connectivity index (χ2n) is 7.25. The summed E-state index contributed by atoms with van der Waals surface area (Å²) in [6.07, 6.45) is 2.58. The number of hydrogen-bond donors (Lipinski definition) is 2. The van der Waals surface area contributed by atoms with Crippen LogP contribution in [0, 0.1) is 13.8 Å². The molecule has 7 heteroatoms. The average molecular weight is 421 g/mol. The minimum absolute atomic E-state index is 0.0700. The lowest BCUT2D eigenvalue weighted by Gasteiger charge is -2.11. The van der Waals surface area contributed by atoms with Crippen LogP contribution in [-0.2, 0) is 6.54 Å². The van der Waals surface area contributed by atoms with Crippen molar-refractivity contribution >= 4 is 11.7 Å². The molecular weight excluding hydrogens is 394 g/mol. The van der Waals surface area contributed by atoms with Crippen LogP contribution in [0.5, 0.6) is 17.4 Å². The molecule has 31 heavy (non-hydrogen) atoms. The van der Waals surface area contributed by atoms with E-state index in [0.29, 0.717) is 40.8 Å². The summed E-state index contributed by atoms with van der Waals surface area (Å²) in [4.78, 5) is 31.8. The molecule has 0 saturated carbocycles. The molecule has 0 unspecified atom stereocenters. The summed E-state index contributed by atoms with van der Waals surface area (Å²) in [5, 5.41) is 2.87. The van der Waals surface area contributed by atoms with E-state index in [1.807, 2.05) is 30.3 Å². The molecule has 0 aliphatic heterocycles. The molecule has 0 spiro atoms. The van der Waals surface area contributed by atoms with Gasteiger partial charge >= 0.3 is 0 Å². The predicted molar refractivity (Wildman–Crippen MR) is 118 cm³/mol. The lowest BCUT2D eigenvalue weighted by molar-refractivity contribution is 0.0945. The van der Waals surface area contributed by atoms with E-state index < -0.39 is 0 Å². The Morgan fingerprint density at radius 2 is 1.81 bits per heavy atom. The number of nitrogens with zero attached hydrogens (tertiary/aromatic N) is 1. The van der Waals surface area contributed by atoms with E-state index >= 15 is 0 Å². The second-order valence-corrected chi connectivity index (χ2v) is 7.25. The molecule has 0 radical (unpaired) electrons. The summed E-state index contributed by atoms with van der Waals surface area (Å²) in [6.45, 7) is 7.99. The normalized spacial score (nSPS) is 10.6. The van der Waals surface area contributed by atoms with Crippen molar-refractivity contribution in [3.05, 3.63) is 70.7 Å². The van der Waals surface area contributed by atoms with Gasteiger partial charge in [0.2, 0.25) is 5.88 Å². The number of rotatable bonds is 9. The first kappa shape index (κ1) is 22.1. The maximum Gasteiger partial charge on any atom is 0.268 e. The van der Waals surface area contributed by atoms with Gasteiger partial charge in [0.15, 0.2) is 5.78 Å². The van der Waals surface area contributed by atoms with Gasteiger partial charge in [-0.1, -0.05) is 13.0 Å². The minimum atomic E-state index is -0.291. The minimum Gasteiger partial charge on any atom is -0.494 e. The Kier molecular flexibility index (Phi) is 7.07. The van der Waals surface area contributed by atoms with Crippen molar-refractivity contribution in [3.63, 3.8) is 0 Å². The third-order valence-corrected chi connectivity index (χ3v) is 4.82. The van der Waals surface area contributed by atoms with E-state index in [1.165, 1.54) is 6.92 Å². The zero-order chi connectivity index (χ0) is 22.4. The van der Waals surface area contributed by atoms with Gasteiger partial charge in [-0.25, -0.2) is 4.98 Å². The number of Topliss-reactive ketones (excluding diaryl/α,β-unsaturated/α-hetero) is 1. The number of carbonyl (C=O) groups is 2. The largest absolute Gasteiger partial charge is 0.494 e. The number of aryl methyl sites for hydroxylation is 1. The van der Waals surface area contributed by atoms with Crippen molar-refractivity contribution in [2.45, 2.75) is 40.7 Å². The Hall–Kier alpha value is -3.61. The Labute approximate surface area is 181 Å². The number of aromatic nitrogens is 2. The van der Waals surface area contributed by atoms with Crippen LogP contribution in [0.25, 0.3) is 0 Å². The maximum absolute atomic E-state index is 12.7. The first-order valence-corrected chi connectivity index (χ1v) is 10.2. The van der Waals surface area contributed by atoms with E-state index in [-0.39, 0.29) is 18.2 Å². The van der Waals surface area contributed by atoms with Crippen LogP contribution in [0.15, 0.2) is 42.6 Å². The van der Waals surface area contributed by atoms with Crippen molar-refractivity contribution in [3.8, 4) is 17.4 Å². The molecule has 162 valence electrons. The highest BCUT2D eigenvalue weighted by molar-refractivity contribution is 6.02. The molecule has 3 aromatic rings. The molecule has 0 saturated heterocycles. The fraction of sp³-hybridized carbons (Fsp3) is 0.292. The first-order valence-electron chi connectivity index (χ1n) is 10.2. The summed E-state index contributed by atoms with van der Waals surface area (Å²) in [7, 11) is 0. The number of carbonyl (C=O) groups excluding carboxylic acids is 2. The number of H-pyrrole nitrogens is 1. The Balaban J connectivity index is 1.69. The number of ketones is 1. The van der Waals surface area contributed by atoms with E-state index in [4.69, 9.17) is 9.47 Å². The molecule has 1 amide bonds. The number of amides is 1. The van der Waals surface area contributed by atoms with E-state index in [0.717, 1.165) is 17.7 Å². The Morgan fingerprint density at radius 1 is 1.10 bits per heavy atom. The number of nitrogens with one attached hydrogen (secondary N) is 2. The van der Waals surface area contributed by atoms with Crippen LogP contribution in [0.1, 0.15) is 57.9 Å². The van der Waals surface area contributed by atoms with Gasteiger partial charge in [-0.3, -0.25) is 9.59 Å². The van der Waals surface area contributed by atoms with Gasteiger partial charge in [-0.2, -0.15) is 0 Å². The lowest BCUT2D eigenvalue weighted by Crippen LogP contribution is -2.24. The van der Waals surface area contributed by atoms with Crippen LogP contribution in [0.4, 0.5) is 0 Å². The van der Waals surface area contributed by atoms with Gasteiger partial charge < -0.3 is 19.8 Å². The Bertz CT molecular complexity index is 1070. The fourth-order valence-electron chi connectivity index (χ4n) is 3.36. The predicted octanol–water partition coefficient (Wildman–Crippen LogP) is 4.74. The molecule has 0 atom stereocenters. The number of ether oxygens (including phenoxy) is 2. The highest BCUT2D eigenvalue weighted by Crippen LogP contribution is 2.25. The van der Waals surface area contributed by atoms with Gasteiger partial charge in [0.1, 0.15) is 17.2 Å². The van der Waals surface area contributed by atoms with Crippen molar-refractivity contribution in [2.75, 3.05) is 6.61 Å². The van der Waals surface area contributed by atoms with Gasteiger partial charge in [0, 0.05) is 29.6 Å². The summed E-state index contributed by atoms with van der Waals surface area (Å²) in [6, 6.07) is 11.0. The molecule has 0 bridgehead atoms. The monoisotopic (exact) mass is 421 g/mol. The van der Waals surface area contributed by atoms with E-state index in [9.17, 15) is 9.59 Å². The van der Waals surface area contributed by atoms with Crippen molar-refractivity contribution in [1.29, 1.82) is 0 Å². The van der Waals surface area contributed by atoms with E-state index in [2.05, 4.69) is 22.2 Å². The molecule has 0 fully saturated rings. The molecular formula is C24H27N3O4. The highest BCUT2D eigenvalue weighted by Gasteiger charge is 2.20. The summed E-state index contributed by atoms with van der Waals surface area (Å²) < 4.78 is 11.5. The lowest BCUT2D eigenvalue weighted by atomic mass is 10.1. The summed E-state index contributed by atoms with van der Waals surface area (Å²) in [5.41, 5.74) is 3.01. The number of pyridine rings is 1. The summed E-state index contributed by atoms with van der Waals surface area (Å²) in [5.74, 6) is 1.45. The van der Waals surface area contributed by atoms with Gasteiger partial charge in [0.25, 0.3) is 5.91 Å². The topological polar surface area (TPSA) is 93.3 Å². The van der Waals surface area contributed by atoms with Crippen LogP contribution in [0.2, 0.25) is 0 Å². The molecule has 0 aliphatic carbocycles. The van der Waals surface area contributed by atoms with Gasteiger partial charge in [0.05, 0.1) is 6.61 Å². The van der Waals surface area contributed by atoms with Crippen molar-refractivity contribution in [2.24, 2.45) is 0 Å². The fourth-order valence-corrected chi connectivity index (χ4v) is 3.36. The van der Waals surface area contributed by atoms with Gasteiger partial charge in [-0.15, -0.1) is 0 Å². The zero-order valence-electron chi connectivity index (χ0n) is 18.2. The number of aromatic amines is 1. The van der Waals surface area contributed by atoms with Crippen molar-refractivity contribution < 1.29 is 19.1 Å². The molecule has 3 rings (SSSR count). The highest BCUT2D eigenvalue weighted by atomic mass is 16.5. The standard InChI is InChI=1S/C24H27N3O4/c1-5-13-30-19-8-10-20(11-9-19)31-24-18(7-6-12-25-24)14-26-23(29)22-15(2)21(17(4)28)16(3)27-22/h6-12,27H,5,13-14H2,1-4H3,(H,26,29). The van der Waals surface area contributed by atoms with Crippen LogP contribution < -0.4 is 14.8 Å². The molecule has 7 nitrogen and oxygen atoms in total. The smallest absolute Gasteiger partial charge is 0.268 e. The van der Waals surface area contributed by atoms with Crippen LogP contribution in [0.3, 0.4) is 0 Å². The SMILES string of the molecule is CCCOc1ccc(Oc2ncccc2CNC(=O)c2[nH]c(C)c(C(C)=O)c2C)cc1. The van der Waals surface area contributed by atoms with Crippen LogP contribution in [-0.4, -0.2) is 28.3 Å². The molecule has 1 aromatic carbocycles. The molecule has 2 N–H and O–H groups in total.